The number of anilines is 1. The molecule has 0 aliphatic carbocycles. The number of hydrogen-bond donors (Lipinski definition) is 3. The molecule has 40 heavy (non-hydrogen) atoms. The smallest absolute Gasteiger partial charge is 0.254 e. The molecule has 3 atom stereocenters. The van der Waals surface area contributed by atoms with Crippen molar-refractivity contribution in [3.8, 4) is 0 Å². The number of aliphatic hydroxyl groups is 1. The number of amides is 2. The Morgan fingerprint density at radius 2 is 1.93 bits per heavy atom. The summed E-state index contributed by atoms with van der Waals surface area (Å²) in [5.41, 5.74) is 3.62. The molecule has 2 heterocycles. The Balaban J connectivity index is 1.58. The second-order valence-electron chi connectivity index (χ2n) is 10.7. The van der Waals surface area contributed by atoms with Gasteiger partial charge >= 0.3 is 0 Å². The molecule has 1 saturated heterocycles. The lowest BCUT2D eigenvalue weighted by Gasteiger charge is -2.26. The van der Waals surface area contributed by atoms with E-state index in [1.54, 1.807) is 23.5 Å². The van der Waals surface area contributed by atoms with Crippen molar-refractivity contribution < 1.29 is 14.7 Å². The number of aromatic nitrogens is 1. The molecule has 1 aromatic heterocycles. The first kappa shape index (κ1) is 29.7. The van der Waals surface area contributed by atoms with Gasteiger partial charge in [-0.3, -0.25) is 9.59 Å². The highest BCUT2D eigenvalue weighted by atomic mass is 32.1. The highest BCUT2D eigenvalue weighted by Crippen LogP contribution is 2.35. The summed E-state index contributed by atoms with van der Waals surface area (Å²) in [7, 11) is 3.78. The fourth-order valence-electron chi connectivity index (χ4n) is 5.05. The van der Waals surface area contributed by atoms with Crippen LogP contribution < -0.4 is 15.5 Å². The molecule has 1 aliphatic rings. The van der Waals surface area contributed by atoms with Crippen LogP contribution in [0.1, 0.15) is 69.2 Å². The van der Waals surface area contributed by atoms with Crippen molar-refractivity contribution in [2.24, 2.45) is 0 Å². The van der Waals surface area contributed by atoms with Gasteiger partial charge in [-0.15, -0.1) is 11.3 Å². The van der Waals surface area contributed by atoms with Crippen molar-refractivity contribution >= 4 is 28.8 Å². The van der Waals surface area contributed by atoms with Crippen LogP contribution in [-0.2, 0) is 6.42 Å². The van der Waals surface area contributed by atoms with E-state index in [4.69, 9.17) is 0 Å². The lowest BCUT2D eigenvalue weighted by Crippen LogP contribution is -2.48. The van der Waals surface area contributed by atoms with Gasteiger partial charge in [0.2, 0.25) is 0 Å². The average Bonchev–Trinajstić information content (AvgIpc) is 3.61. The third-order valence-corrected chi connectivity index (χ3v) is 8.30. The molecule has 0 bridgehead atoms. The molecular formula is C31H41N5O3S. The molecule has 1 fully saturated rings. The summed E-state index contributed by atoms with van der Waals surface area (Å²) in [5.74, 6) is -0.417. The molecule has 214 valence electrons. The number of nitrogens with zero attached hydrogens (tertiary/aromatic N) is 3. The molecule has 0 spiro atoms. The van der Waals surface area contributed by atoms with Gasteiger partial charge in [-0.05, 0) is 62.9 Å². The maximum Gasteiger partial charge on any atom is 0.254 e. The Hall–Kier alpha value is -3.27. The van der Waals surface area contributed by atoms with Crippen LogP contribution in [0.4, 0.5) is 5.69 Å². The zero-order valence-electron chi connectivity index (χ0n) is 23.9. The summed E-state index contributed by atoms with van der Waals surface area (Å²) in [6, 6.07) is 14.6. The van der Waals surface area contributed by atoms with Crippen molar-refractivity contribution in [3.63, 3.8) is 0 Å². The van der Waals surface area contributed by atoms with Gasteiger partial charge in [0.15, 0.2) is 0 Å². The molecule has 0 radical (unpaired) electrons. The molecule has 0 saturated carbocycles. The summed E-state index contributed by atoms with van der Waals surface area (Å²) in [6.07, 6.45) is 2.46. The number of hydrogen-bond acceptors (Lipinski definition) is 7. The summed E-state index contributed by atoms with van der Waals surface area (Å²) < 4.78 is 0. The van der Waals surface area contributed by atoms with Crippen LogP contribution in [0.15, 0.2) is 53.9 Å². The summed E-state index contributed by atoms with van der Waals surface area (Å²) in [4.78, 5) is 35.9. The Bertz CT molecular complexity index is 1280. The molecular weight excluding hydrogens is 522 g/mol. The number of likely N-dealkylation sites (tertiary alicyclic amines) is 1. The van der Waals surface area contributed by atoms with Gasteiger partial charge in [-0.1, -0.05) is 37.3 Å². The fourth-order valence-corrected chi connectivity index (χ4v) is 6.00. The fraction of sp³-hybridized carbons (Fsp3) is 0.452. The van der Waals surface area contributed by atoms with Crippen molar-refractivity contribution in [1.82, 2.24) is 20.5 Å². The lowest BCUT2D eigenvalue weighted by atomic mass is 10.00. The van der Waals surface area contributed by atoms with Gasteiger partial charge in [0.25, 0.3) is 11.8 Å². The second-order valence-corrected chi connectivity index (χ2v) is 11.6. The van der Waals surface area contributed by atoms with Crippen LogP contribution in [0.2, 0.25) is 0 Å². The monoisotopic (exact) mass is 563 g/mol. The van der Waals surface area contributed by atoms with Crippen molar-refractivity contribution in [1.29, 1.82) is 0 Å². The molecule has 1 aliphatic heterocycles. The SMILES string of the molecule is CCCNCC(O)C(Cc1ccccc1)NC(=O)c1cc(C(=O)N2CCCC2c2nc(C)cs2)cc(N(C)C)c1. The van der Waals surface area contributed by atoms with Gasteiger partial charge in [0.1, 0.15) is 5.01 Å². The van der Waals surface area contributed by atoms with Crippen LogP contribution in [0.5, 0.6) is 0 Å². The van der Waals surface area contributed by atoms with Gasteiger partial charge in [-0.2, -0.15) is 0 Å². The third-order valence-electron chi connectivity index (χ3n) is 7.24. The molecule has 4 rings (SSSR count). The van der Waals surface area contributed by atoms with Crippen molar-refractivity contribution in [2.75, 3.05) is 38.6 Å². The predicted octanol–water partition coefficient (Wildman–Crippen LogP) is 4.20. The van der Waals surface area contributed by atoms with Crippen LogP contribution in [0.3, 0.4) is 0 Å². The zero-order valence-corrected chi connectivity index (χ0v) is 24.7. The van der Waals surface area contributed by atoms with E-state index >= 15 is 0 Å². The van der Waals surface area contributed by atoms with Crippen LogP contribution in [0, 0.1) is 6.92 Å². The zero-order chi connectivity index (χ0) is 28.6. The number of aryl methyl sites for hydroxylation is 1. The topological polar surface area (TPSA) is 97.8 Å². The number of aliphatic hydroxyl groups excluding tert-OH is 1. The number of carbonyl (C=O) groups excluding carboxylic acids is 2. The Morgan fingerprint density at radius 1 is 1.18 bits per heavy atom. The average molecular weight is 564 g/mol. The number of thiazole rings is 1. The number of benzene rings is 2. The van der Waals surface area contributed by atoms with Crippen molar-refractivity contribution in [2.45, 2.75) is 57.7 Å². The standard InChI is InChI=1S/C31H41N5O3S/c1-5-13-32-19-28(37)26(15-22-10-7-6-8-11-22)34-29(38)23-16-24(18-25(17-23)35(3)4)31(39)36-14-9-12-27(36)30-33-21(2)20-40-30/h6-8,10-11,16-18,20,26-28,32,37H,5,9,12-15,19H2,1-4H3,(H,34,38). The first-order valence-electron chi connectivity index (χ1n) is 14.1. The minimum Gasteiger partial charge on any atom is -0.390 e. The van der Waals surface area contributed by atoms with E-state index in [0.717, 1.165) is 47.8 Å². The molecule has 2 aromatic carbocycles. The Morgan fingerprint density at radius 3 is 2.60 bits per heavy atom. The highest BCUT2D eigenvalue weighted by molar-refractivity contribution is 7.09. The van der Waals surface area contributed by atoms with Gasteiger partial charge in [0.05, 0.1) is 18.2 Å². The predicted molar refractivity (Wildman–Crippen MR) is 161 cm³/mol. The number of nitrogens with one attached hydrogen (secondary N) is 2. The minimum atomic E-state index is -0.777. The first-order chi connectivity index (χ1) is 19.3. The lowest BCUT2D eigenvalue weighted by molar-refractivity contribution is 0.0735. The van der Waals surface area contributed by atoms with E-state index in [9.17, 15) is 14.7 Å². The molecule has 2 amide bonds. The van der Waals surface area contributed by atoms with E-state index in [1.165, 1.54) is 0 Å². The number of carbonyl (C=O) groups is 2. The van der Waals surface area contributed by atoms with E-state index in [2.05, 4.69) is 22.5 Å². The summed E-state index contributed by atoms with van der Waals surface area (Å²) in [6.45, 7) is 5.86. The van der Waals surface area contributed by atoms with E-state index in [1.807, 2.05) is 72.6 Å². The van der Waals surface area contributed by atoms with Crippen LogP contribution in [-0.4, -0.2) is 72.7 Å². The van der Waals surface area contributed by atoms with E-state index in [0.29, 0.717) is 30.6 Å². The normalized spacial score (nSPS) is 16.5. The van der Waals surface area contributed by atoms with Gasteiger partial charge in [-0.25, -0.2) is 4.98 Å². The van der Waals surface area contributed by atoms with E-state index < -0.39 is 12.1 Å². The molecule has 9 heteroatoms. The molecule has 3 N–H and O–H groups in total. The summed E-state index contributed by atoms with van der Waals surface area (Å²) >= 11 is 1.59. The number of rotatable bonds is 12. The van der Waals surface area contributed by atoms with Crippen molar-refractivity contribution in [3.05, 3.63) is 81.3 Å². The maximum atomic E-state index is 13.8. The quantitative estimate of drug-likeness (QED) is 0.286. The molecule has 8 nitrogen and oxygen atoms in total. The largest absolute Gasteiger partial charge is 0.390 e. The van der Waals surface area contributed by atoms with E-state index in [-0.39, 0.29) is 17.9 Å². The third kappa shape index (κ3) is 7.47. The Labute approximate surface area is 241 Å². The molecule has 3 aromatic rings. The van der Waals surface area contributed by atoms with Gasteiger partial charge < -0.3 is 25.5 Å². The van der Waals surface area contributed by atoms with Gasteiger partial charge in [0, 0.05) is 55.1 Å². The molecule has 3 unspecified atom stereocenters. The first-order valence-corrected chi connectivity index (χ1v) is 14.9. The minimum absolute atomic E-state index is 0.0486. The summed E-state index contributed by atoms with van der Waals surface area (Å²) in [5, 5.41) is 20.3. The van der Waals surface area contributed by atoms with Crippen LogP contribution >= 0.6 is 11.3 Å². The maximum absolute atomic E-state index is 13.8. The van der Waals surface area contributed by atoms with Crippen LogP contribution in [0.25, 0.3) is 0 Å². The Kier molecular flexibility index (Phi) is 10.3. The second kappa shape index (κ2) is 13.9. The highest BCUT2D eigenvalue weighted by Gasteiger charge is 2.33.